The largest absolute Gasteiger partial charge is 0.492 e. The molecule has 0 unspecified atom stereocenters. The summed E-state index contributed by atoms with van der Waals surface area (Å²) >= 11 is 0. The first kappa shape index (κ1) is 20.5. The Balaban J connectivity index is 1.53. The Kier molecular flexibility index (Phi) is 7.97. The van der Waals surface area contributed by atoms with E-state index in [4.69, 9.17) is 4.74 Å². The predicted molar refractivity (Wildman–Crippen MR) is 117 cm³/mol. The Morgan fingerprint density at radius 1 is 0.929 bits per heavy atom. The second-order valence-corrected chi connectivity index (χ2v) is 7.96. The van der Waals surface area contributed by atoms with Gasteiger partial charge in [-0.2, -0.15) is 0 Å². The van der Waals surface area contributed by atoms with Crippen molar-refractivity contribution in [2.45, 2.75) is 71.1 Å². The van der Waals surface area contributed by atoms with E-state index in [-0.39, 0.29) is 0 Å². The molecule has 1 aliphatic rings. The van der Waals surface area contributed by atoms with Crippen LogP contribution in [0.3, 0.4) is 0 Å². The van der Waals surface area contributed by atoms with Crippen molar-refractivity contribution in [3.63, 3.8) is 0 Å². The lowest BCUT2D eigenvalue weighted by Crippen LogP contribution is -2.13. The monoisotopic (exact) mass is 375 g/mol. The summed E-state index contributed by atoms with van der Waals surface area (Å²) in [5, 5.41) is 0. The molecule has 2 heteroatoms. The lowest BCUT2D eigenvalue weighted by Gasteiger charge is -2.28. The average Bonchev–Trinajstić information content (AvgIpc) is 2.76. The Morgan fingerprint density at radius 2 is 1.71 bits per heavy atom. The van der Waals surface area contributed by atoms with Gasteiger partial charge < -0.3 is 4.74 Å². The van der Waals surface area contributed by atoms with Crippen molar-refractivity contribution in [1.82, 2.24) is 4.98 Å². The summed E-state index contributed by atoms with van der Waals surface area (Å²) < 4.78 is 5.56. The minimum Gasteiger partial charge on any atom is -0.492 e. The molecule has 2 nitrogen and oxygen atoms in total. The molecule has 0 aliphatic heterocycles. The van der Waals surface area contributed by atoms with Crippen molar-refractivity contribution in [1.29, 1.82) is 0 Å². The maximum Gasteiger partial charge on any atom is 0.137 e. The Morgan fingerprint density at radius 3 is 2.36 bits per heavy atom. The molecule has 1 aromatic heterocycles. The highest BCUT2D eigenvalue weighted by atomic mass is 16.5. The van der Waals surface area contributed by atoms with Gasteiger partial charge in [-0.05, 0) is 79.7 Å². The van der Waals surface area contributed by atoms with Crippen molar-refractivity contribution in [2.24, 2.45) is 5.92 Å². The van der Waals surface area contributed by atoms with Crippen LogP contribution in [0.15, 0.2) is 42.6 Å². The molecule has 148 valence electrons. The molecule has 1 aliphatic carbocycles. The van der Waals surface area contributed by atoms with E-state index in [9.17, 15) is 0 Å². The van der Waals surface area contributed by atoms with Gasteiger partial charge in [-0.25, -0.2) is 4.98 Å². The molecule has 1 saturated carbocycles. The van der Waals surface area contributed by atoms with E-state index in [0.717, 1.165) is 41.9 Å². The number of aromatic nitrogens is 1. The summed E-state index contributed by atoms with van der Waals surface area (Å²) in [5.41, 5.74) is 3.31. The zero-order valence-corrected chi connectivity index (χ0v) is 17.4. The van der Waals surface area contributed by atoms with Crippen molar-refractivity contribution in [2.75, 3.05) is 6.61 Å². The zero-order chi connectivity index (χ0) is 19.6. The van der Waals surface area contributed by atoms with Gasteiger partial charge >= 0.3 is 0 Å². The quantitative estimate of drug-likeness (QED) is 0.500. The molecule has 2 aromatic rings. The minimum absolute atomic E-state index is 0.722. The van der Waals surface area contributed by atoms with E-state index >= 15 is 0 Å². The number of benzene rings is 1. The molecule has 0 N–H and O–H groups in total. The molecule has 28 heavy (non-hydrogen) atoms. The van der Waals surface area contributed by atoms with Gasteiger partial charge in [0.1, 0.15) is 11.4 Å². The fourth-order valence-corrected chi connectivity index (χ4v) is 4.01. The topological polar surface area (TPSA) is 22.1 Å². The number of ether oxygens (including phenoxy) is 1. The highest BCUT2D eigenvalue weighted by Gasteiger charge is 2.21. The fraction of sp³-hybridized carbons (Fsp3) is 0.500. The number of rotatable bonds is 7. The summed E-state index contributed by atoms with van der Waals surface area (Å²) in [6.07, 6.45) is 12.4. The lowest BCUT2D eigenvalue weighted by molar-refractivity contribution is 0.304. The molecular weight excluding hydrogens is 342 g/mol. The van der Waals surface area contributed by atoms with Gasteiger partial charge in [0.15, 0.2) is 0 Å². The highest BCUT2D eigenvalue weighted by Crippen LogP contribution is 2.37. The van der Waals surface area contributed by atoms with Crippen LogP contribution in [-0.4, -0.2) is 11.6 Å². The summed E-state index contributed by atoms with van der Waals surface area (Å²) in [6.45, 7) is 5.11. The second-order valence-electron chi connectivity index (χ2n) is 7.96. The summed E-state index contributed by atoms with van der Waals surface area (Å²) in [4.78, 5) is 4.37. The Bertz CT molecular complexity index is 759. The van der Waals surface area contributed by atoms with Crippen LogP contribution in [0.2, 0.25) is 0 Å². The first-order valence-corrected chi connectivity index (χ1v) is 11.0. The summed E-state index contributed by atoms with van der Waals surface area (Å²) in [7, 11) is 0. The molecule has 0 spiro atoms. The number of pyridine rings is 1. The van der Waals surface area contributed by atoms with Crippen LogP contribution in [0.5, 0.6) is 5.75 Å². The first-order chi connectivity index (χ1) is 13.8. The maximum atomic E-state index is 5.56. The molecule has 0 saturated heterocycles. The number of hydrogen-bond donors (Lipinski definition) is 0. The van der Waals surface area contributed by atoms with Gasteiger partial charge in [0, 0.05) is 5.56 Å². The Hall–Kier alpha value is -2.27. The van der Waals surface area contributed by atoms with Crippen LogP contribution in [0, 0.1) is 17.8 Å². The van der Waals surface area contributed by atoms with Gasteiger partial charge in [-0.1, -0.05) is 51.2 Å². The molecule has 0 radical (unpaired) electrons. The molecular formula is C26H33NO. The van der Waals surface area contributed by atoms with Crippen molar-refractivity contribution in [3.8, 4) is 17.6 Å². The van der Waals surface area contributed by atoms with E-state index < -0.39 is 0 Å². The molecule has 1 heterocycles. The van der Waals surface area contributed by atoms with E-state index in [1.54, 1.807) is 6.20 Å². The van der Waals surface area contributed by atoms with Crippen molar-refractivity contribution in [3.05, 3.63) is 59.4 Å². The summed E-state index contributed by atoms with van der Waals surface area (Å²) in [6, 6.07) is 12.7. The number of unbranched alkanes of at least 4 members (excludes halogenated alkanes) is 1. The van der Waals surface area contributed by atoms with Gasteiger partial charge in [-0.15, -0.1) is 0 Å². The van der Waals surface area contributed by atoms with Gasteiger partial charge in [0.2, 0.25) is 0 Å². The van der Waals surface area contributed by atoms with E-state index in [1.807, 2.05) is 12.1 Å². The summed E-state index contributed by atoms with van der Waals surface area (Å²) in [5.74, 6) is 8.89. The third-order valence-corrected chi connectivity index (χ3v) is 5.74. The Labute approximate surface area is 170 Å². The molecule has 1 fully saturated rings. The van der Waals surface area contributed by atoms with Crippen LogP contribution in [-0.2, 0) is 0 Å². The second kappa shape index (κ2) is 10.9. The van der Waals surface area contributed by atoms with Gasteiger partial charge in [-0.3, -0.25) is 0 Å². The standard InChI is InChI=1S/C26H33NO/c1-3-5-6-21-7-12-23(13-8-21)24-14-9-22(10-15-24)11-16-25-17-18-26(20-27-25)28-19-4-2/h9-10,14-15,17-18,20-21,23H,3-8,12-13,19H2,1-2H3. The molecule has 0 bridgehead atoms. The predicted octanol–water partition coefficient (Wildman–Crippen LogP) is 6.73. The molecule has 1 aromatic carbocycles. The van der Waals surface area contributed by atoms with E-state index in [2.05, 4.69) is 54.9 Å². The number of hydrogen-bond acceptors (Lipinski definition) is 2. The normalized spacial score (nSPS) is 18.9. The van der Waals surface area contributed by atoms with E-state index in [1.165, 1.54) is 50.5 Å². The fourth-order valence-electron chi connectivity index (χ4n) is 4.01. The third kappa shape index (κ3) is 6.13. The van der Waals surface area contributed by atoms with Crippen LogP contribution in [0.4, 0.5) is 0 Å². The molecule has 0 amide bonds. The van der Waals surface area contributed by atoms with Crippen molar-refractivity contribution < 1.29 is 4.74 Å². The first-order valence-electron chi connectivity index (χ1n) is 11.0. The zero-order valence-electron chi connectivity index (χ0n) is 17.4. The van der Waals surface area contributed by atoms with Gasteiger partial charge in [0.25, 0.3) is 0 Å². The third-order valence-electron chi connectivity index (χ3n) is 5.74. The van der Waals surface area contributed by atoms with Crippen LogP contribution in [0.1, 0.15) is 88.0 Å². The minimum atomic E-state index is 0.722. The number of nitrogens with zero attached hydrogens (tertiary/aromatic N) is 1. The average molecular weight is 376 g/mol. The van der Waals surface area contributed by atoms with Crippen molar-refractivity contribution >= 4 is 0 Å². The lowest BCUT2D eigenvalue weighted by atomic mass is 9.77. The van der Waals surface area contributed by atoms with Gasteiger partial charge in [0.05, 0.1) is 12.8 Å². The van der Waals surface area contributed by atoms with Crippen LogP contribution < -0.4 is 4.74 Å². The highest BCUT2D eigenvalue weighted by molar-refractivity contribution is 5.42. The van der Waals surface area contributed by atoms with Crippen LogP contribution >= 0.6 is 0 Å². The molecule has 3 rings (SSSR count). The molecule has 0 atom stereocenters. The van der Waals surface area contributed by atoms with Crippen LogP contribution in [0.25, 0.3) is 0 Å². The van der Waals surface area contributed by atoms with E-state index in [0.29, 0.717) is 0 Å². The smallest absolute Gasteiger partial charge is 0.137 e. The maximum absolute atomic E-state index is 5.56. The SMILES string of the molecule is CCCCC1CCC(c2ccc(C#Cc3ccc(OCCC)cn3)cc2)CC1.